The van der Waals surface area contributed by atoms with Crippen LogP contribution in [0.15, 0.2) is 29.2 Å². The molecule has 1 aromatic carbocycles. The molecule has 8 heteroatoms. The maximum atomic E-state index is 12.9. The second-order valence-corrected chi connectivity index (χ2v) is 9.54. The SMILES string of the molecule is CC1CC(C)CN(S(=O)(=O)c2ccc(C(=O)NC(C)CCC(=O)O)cc2)C1. The first kappa shape index (κ1) is 21.4. The van der Waals surface area contributed by atoms with E-state index in [2.05, 4.69) is 19.2 Å². The summed E-state index contributed by atoms with van der Waals surface area (Å²) in [5.74, 6) is -0.620. The fraction of sp³-hybridized carbons (Fsp3) is 0.579. The van der Waals surface area contributed by atoms with E-state index in [9.17, 15) is 18.0 Å². The lowest BCUT2D eigenvalue weighted by Gasteiger charge is -2.34. The maximum absolute atomic E-state index is 12.9. The summed E-state index contributed by atoms with van der Waals surface area (Å²) in [6, 6.07) is 5.60. The molecule has 2 N–H and O–H groups in total. The lowest BCUT2D eigenvalue weighted by molar-refractivity contribution is -0.137. The zero-order valence-electron chi connectivity index (χ0n) is 16.0. The van der Waals surface area contributed by atoms with Crippen LogP contribution in [-0.2, 0) is 14.8 Å². The largest absolute Gasteiger partial charge is 0.481 e. The van der Waals surface area contributed by atoms with Crippen molar-refractivity contribution < 1.29 is 23.1 Å². The molecule has 150 valence electrons. The number of aliphatic carboxylic acids is 1. The Kier molecular flexibility index (Phi) is 7.00. The first-order valence-corrected chi connectivity index (χ1v) is 10.7. The fourth-order valence-electron chi connectivity index (χ4n) is 3.45. The summed E-state index contributed by atoms with van der Waals surface area (Å²) in [6.45, 7) is 6.86. The number of nitrogens with one attached hydrogen (secondary N) is 1. The molecule has 0 spiro atoms. The van der Waals surface area contributed by atoms with Crippen LogP contribution >= 0.6 is 0 Å². The summed E-state index contributed by atoms with van der Waals surface area (Å²) in [5, 5.41) is 11.4. The number of sulfonamides is 1. The number of carbonyl (C=O) groups is 2. The van der Waals surface area contributed by atoms with Crippen molar-refractivity contribution in [3.05, 3.63) is 29.8 Å². The van der Waals surface area contributed by atoms with Crippen LogP contribution in [0.1, 0.15) is 50.4 Å². The lowest BCUT2D eigenvalue weighted by Crippen LogP contribution is -2.42. The Morgan fingerprint density at radius 3 is 2.26 bits per heavy atom. The summed E-state index contributed by atoms with van der Waals surface area (Å²) in [7, 11) is -3.58. The summed E-state index contributed by atoms with van der Waals surface area (Å²) >= 11 is 0. The van der Waals surface area contributed by atoms with Crippen LogP contribution in [-0.4, -0.2) is 48.8 Å². The Balaban J connectivity index is 2.05. The van der Waals surface area contributed by atoms with Crippen molar-refractivity contribution in [2.24, 2.45) is 11.8 Å². The van der Waals surface area contributed by atoms with Gasteiger partial charge in [-0.3, -0.25) is 9.59 Å². The van der Waals surface area contributed by atoms with Gasteiger partial charge in [0.2, 0.25) is 10.0 Å². The van der Waals surface area contributed by atoms with E-state index in [4.69, 9.17) is 5.11 Å². The quantitative estimate of drug-likeness (QED) is 0.736. The van der Waals surface area contributed by atoms with Crippen LogP contribution in [0.3, 0.4) is 0 Å². The Bertz CT molecular complexity index is 766. The molecule has 0 saturated carbocycles. The van der Waals surface area contributed by atoms with E-state index in [1.165, 1.54) is 28.6 Å². The number of piperidine rings is 1. The standard InChI is InChI=1S/C19H28N2O5S/c1-13-10-14(2)12-21(11-13)27(25,26)17-7-5-16(6-8-17)19(24)20-15(3)4-9-18(22)23/h5-8,13-15H,4,9-12H2,1-3H3,(H,20,24)(H,22,23). The first-order valence-electron chi connectivity index (χ1n) is 9.22. The lowest BCUT2D eigenvalue weighted by atomic mass is 9.94. The molecule has 27 heavy (non-hydrogen) atoms. The summed E-state index contributed by atoms with van der Waals surface area (Å²) < 4.78 is 27.2. The van der Waals surface area contributed by atoms with Gasteiger partial charge >= 0.3 is 5.97 Å². The third-order valence-electron chi connectivity index (χ3n) is 4.76. The van der Waals surface area contributed by atoms with Crippen molar-refractivity contribution in [3.63, 3.8) is 0 Å². The van der Waals surface area contributed by atoms with Crippen molar-refractivity contribution in [2.75, 3.05) is 13.1 Å². The van der Waals surface area contributed by atoms with E-state index < -0.39 is 16.0 Å². The molecule has 1 aliphatic rings. The number of carbonyl (C=O) groups excluding carboxylic acids is 1. The Morgan fingerprint density at radius 1 is 1.19 bits per heavy atom. The first-order chi connectivity index (χ1) is 12.6. The van der Waals surface area contributed by atoms with Crippen LogP contribution in [0.2, 0.25) is 0 Å². The van der Waals surface area contributed by atoms with Crippen molar-refractivity contribution in [3.8, 4) is 0 Å². The van der Waals surface area contributed by atoms with Gasteiger partial charge in [-0.25, -0.2) is 8.42 Å². The molecule has 1 fully saturated rings. The van der Waals surface area contributed by atoms with Crippen LogP contribution < -0.4 is 5.32 Å². The van der Waals surface area contributed by atoms with Gasteiger partial charge < -0.3 is 10.4 Å². The summed E-state index contributed by atoms with van der Waals surface area (Å²) in [5.41, 5.74) is 0.344. The summed E-state index contributed by atoms with van der Waals surface area (Å²) in [4.78, 5) is 23.0. The number of carboxylic acid groups (broad SMARTS) is 1. The highest BCUT2D eigenvalue weighted by Gasteiger charge is 2.31. The number of hydrogen-bond acceptors (Lipinski definition) is 4. The predicted octanol–water partition coefficient (Wildman–Crippen LogP) is 2.34. The zero-order valence-corrected chi connectivity index (χ0v) is 16.8. The number of amides is 1. The van der Waals surface area contributed by atoms with Gasteiger partial charge in [-0.1, -0.05) is 13.8 Å². The van der Waals surface area contributed by atoms with Gasteiger partial charge in [-0.2, -0.15) is 4.31 Å². The van der Waals surface area contributed by atoms with Gasteiger partial charge in [-0.15, -0.1) is 0 Å². The monoisotopic (exact) mass is 396 g/mol. The average molecular weight is 397 g/mol. The van der Waals surface area contributed by atoms with Crippen molar-refractivity contribution in [1.82, 2.24) is 9.62 Å². The molecule has 1 saturated heterocycles. The van der Waals surface area contributed by atoms with Crippen molar-refractivity contribution in [2.45, 2.75) is 51.0 Å². The number of rotatable bonds is 7. The Hall–Kier alpha value is -1.93. The van der Waals surface area contributed by atoms with Gasteiger partial charge in [0.25, 0.3) is 5.91 Å². The van der Waals surface area contributed by atoms with Crippen LogP contribution in [0, 0.1) is 11.8 Å². The number of benzene rings is 1. The van der Waals surface area contributed by atoms with Crippen molar-refractivity contribution in [1.29, 1.82) is 0 Å². The molecule has 1 amide bonds. The van der Waals surface area contributed by atoms with Gasteiger partial charge in [0, 0.05) is 31.1 Å². The molecule has 3 atom stereocenters. The fourth-order valence-corrected chi connectivity index (χ4v) is 5.13. The second-order valence-electron chi connectivity index (χ2n) is 7.60. The van der Waals surface area contributed by atoms with Crippen LogP contribution in [0.4, 0.5) is 0 Å². The molecular weight excluding hydrogens is 368 g/mol. The van der Waals surface area contributed by atoms with E-state index in [1.807, 2.05) is 0 Å². The van der Waals surface area contributed by atoms with E-state index in [-0.39, 0.29) is 23.3 Å². The van der Waals surface area contributed by atoms with E-state index in [0.717, 1.165) is 6.42 Å². The Morgan fingerprint density at radius 2 is 1.74 bits per heavy atom. The third-order valence-corrected chi connectivity index (χ3v) is 6.60. The highest BCUT2D eigenvalue weighted by Crippen LogP contribution is 2.26. The third kappa shape index (κ3) is 5.77. The minimum absolute atomic E-state index is 0.0225. The van der Waals surface area contributed by atoms with E-state index >= 15 is 0 Å². The molecule has 1 aromatic rings. The highest BCUT2D eigenvalue weighted by molar-refractivity contribution is 7.89. The van der Waals surface area contributed by atoms with Crippen LogP contribution in [0.25, 0.3) is 0 Å². The summed E-state index contributed by atoms with van der Waals surface area (Å²) in [6.07, 6.45) is 1.33. The van der Waals surface area contributed by atoms with Crippen molar-refractivity contribution >= 4 is 21.9 Å². The second kappa shape index (κ2) is 8.84. The molecular formula is C19H28N2O5S. The number of hydrogen-bond donors (Lipinski definition) is 2. The van der Waals surface area contributed by atoms with E-state index in [0.29, 0.717) is 36.9 Å². The van der Waals surface area contributed by atoms with Gasteiger partial charge in [0.1, 0.15) is 0 Å². The molecule has 0 aromatic heterocycles. The molecule has 2 rings (SSSR count). The van der Waals surface area contributed by atoms with Gasteiger partial charge in [-0.05, 0) is 55.9 Å². The normalized spacial score (nSPS) is 22.2. The minimum atomic E-state index is -3.58. The zero-order chi connectivity index (χ0) is 20.2. The molecule has 3 unspecified atom stereocenters. The van der Waals surface area contributed by atoms with Crippen LogP contribution in [0.5, 0.6) is 0 Å². The highest BCUT2D eigenvalue weighted by atomic mass is 32.2. The Labute approximate surface area is 160 Å². The molecule has 7 nitrogen and oxygen atoms in total. The average Bonchev–Trinajstić information content (AvgIpc) is 2.59. The number of carboxylic acids is 1. The van der Waals surface area contributed by atoms with E-state index in [1.54, 1.807) is 6.92 Å². The topological polar surface area (TPSA) is 104 Å². The molecule has 0 aliphatic carbocycles. The van der Waals surface area contributed by atoms with Gasteiger partial charge in [0.05, 0.1) is 4.90 Å². The molecule has 1 aliphatic heterocycles. The smallest absolute Gasteiger partial charge is 0.303 e. The maximum Gasteiger partial charge on any atom is 0.303 e. The molecule has 0 radical (unpaired) electrons. The molecule has 1 heterocycles. The molecule has 0 bridgehead atoms. The predicted molar refractivity (Wildman–Crippen MR) is 102 cm³/mol. The number of nitrogens with zero attached hydrogens (tertiary/aromatic N) is 1. The minimum Gasteiger partial charge on any atom is -0.481 e. The van der Waals surface area contributed by atoms with Gasteiger partial charge in [0.15, 0.2) is 0 Å².